The van der Waals surface area contributed by atoms with Gasteiger partial charge in [0.25, 0.3) is 5.91 Å². The normalized spacial score (nSPS) is 15.4. The van der Waals surface area contributed by atoms with Crippen molar-refractivity contribution in [3.63, 3.8) is 0 Å². The quantitative estimate of drug-likeness (QED) is 0.752. The fourth-order valence-electron chi connectivity index (χ4n) is 3.53. The van der Waals surface area contributed by atoms with Crippen LogP contribution in [0, 0.1) is 0 Å². The smallest absolute Gasteiger partial charge is 0.277 e. The molecule has 150 valence electrons. The van der Waals surface area contributed by atoms with E-state index in [0.717, 1.165) is 44.2 Å². The zero-order valence-corrected chi connectivity index (χ0v) is 16.7. The standard InChI is InChI=1S/C22H29N3O3/c1-3-28-21-10-4-18(5-11-21)16-23(2)17-22(27)25-14-12-24(13-15-25)19-6-8-20(26)9-7-19/h4-11,26H,3,12-17H2,1-2H3/p+1. The molecular weight excluding hydrogens is 354 g/mol. The molecule has 6 heteroatoms. The van der Waals surface area contributed by atoms with Crippen LogP contribution in [0.1, 0.15) is 12.5 Å². The second-order valence-electron chi connectivity index (χ2n) is 7.27. The Hall–Kier alpha value is -2.73. The molecule has 0 spiro atoms. The molecule has 0 aliphatic carbocycles. The van der Waals surface area contributed by atoms with Gasteiger partial charge in [0.15, 0.2) is 6.54 Å². The zero-order chi connectivity index (χ0) is 19.9. The highest BCUT2D eigenvalue weighted by Gasteiger charge is 2.23. The first-order chi connectivity index (χ1) is 13.5. The minimum atomic E-state index is 0.203. The summed E-state index contributed by atoms with van der Waals surface area (Å²) in [6.07, 6.45) is 0. The first kappa shape index (κ1) is 20.0. The summed E-state index contributed by atoms with van der Waals surface area (Å²) in [6, 6.07) is 15.3. The monoisotopic (exact) mass is 384 g/mol. The number of anilines is 1. The average Bonchev–Trinajstić information content (AvgIpc) is 2.70. The van der Waals surface area contributed by atoms with Gasteiger partial charge in [-0.2, -0.15) is 0 Å². The lowest BCUT2D eigenvalue weighted by molar-refractivity contribution is -0.885. The van der Waals surface area contributed by atoms with Crippen molar-refractivity contribution in [2.45, 2.75) is 13.5 Å². The van der Waals surface area contributed by atoms with Crippen LogP contribution in [0.4, 0.5) is 5.69 Å². The van der Waals surface area contributed by atoms with Crippen molar-refractivity contribution < 1.29 is 19.5 Å². The van der Waals surface area contributed by atoms with E-state index in [4.69, 9.17) is 4.74 Å². The van der Waals surface area contributed by atoms with Crippen LogP contribution in [0.2, 0.25) is 0 Å². The van der Waals surface area contributed by atoms with Gasteiger partial charge in [0.05, 0.1) is 13.7 Å². The number of nitrogens with one attached hydrogen (secondary N) is 1. The van der Waals surface area contributed by atoms with Crippen LogP contribution in [0.25, 0.3) is 0 Å². The molecule has 1 aliphatic rings. The van der Waals surface area contributed by atoms with Crippen LogP contribution in [0.15, 0.2) is 48.5 Å². The van der Waals surface area contributed by atoms with Gasteiger partial charge in [-0.15, -0.1) is 0 Å². The van der Waals surface area contributed by atoms with Crippen molar-refractivity contribution in [1.82, 2.24) is 4.90 Å². The highest BCUT2D eigenvalue weighted by atomic mass is 16.5. The Morgan fingerprint density at radius 2 is 1.68 bits per heavy atom. The number of hydrogen-bond acceptors (Lipinski definition) is 4. The van der Waals surface area contributed by atoms with E-state index < -0.39 is 0 Å². The zero-order valence-electron chi connectivity index (χ0n) is 16.7. The van der Waals surface area contributed by atoms with Gasteiger partial charge in [-0.3, -0.25) is 4.79 Å². The predicted molar refractivity (Wildman–Crippen MR) is 110 cm³/mol. The predicted octanol–water partition coefficient (Wildman–Crippen LogP) is 1.15. The third-order valence-corrected chi connectivity index (χ3v) is 5.04. The van der Waals surface area contributed by atoms with E-state index in [1.165, 1.54) is 10.5 Å². The summed E-state index contributed by atoms with van der Waals surface area (Å²) in [4.78, 5) is 18.0. The van der Waals surface area contributed by atoms with Gasteiger partial charge in [0, 0.05) is 37.4 Å². The highest BCUT2D eigenvalue weighted by Crippen LogP contribution is 2.19. The summed E-state index contributed by atoms with van der Waals surface area (Å²) in [5.41, 5.74) is 2.29. The second-order valence-corrected chi connectivity index (χ2v) is 7.27. The molecule has 1 fully saturated rings. The van der Waals surface area contributed by atoms with Gasteiger partial charge in [0.1, 0.15) is 18.0 Å². The number of rotatable bonds is 7. The number of aromatic hydroxyl groups is 1. The van der Waals surface area contributed by atoms with Crippen molar-refractivity contribution in [2.75, 3.05) is 51.3 Å². The number of hydrogen-bond donors (Lipinski definition) is 2. The topological polar surface area (TPSA) is 57.5 Å². The molecule has 2 N–H and O–H groups in total. The van der Waals surface area contributed by atoms with Crippen LogP contribution < -0.4 is 14.5 Å². The van der Waals surface area contributed by atoms with Crippen LogP contribution in [0.3, 0.4) is 0 Å². The number of nitrogens with zero attached hydrogens (tertiary/aromatic N) is 2. The van der Waals surface area contributed by atoms with E-state index >= 15 is 0 Å². The number of piperazine rings is 1. The van der Waals surface area contributed by atoms with E-state index in [1.54, 1.807) is 12.1 Å². The minimum Gasteiger partial charge on any atom is -0.508 e. The molecule has 1 heterocycles. The third-order valence-electron chi connectivity index (χ3n) is 5.04. The van der Waals surface area contributed by atoms with Crippen molar-refractivity contribution >= 4 is 11.6 Å². The number of phenols is 1. The summed E-state index contributed by atoms with van der Waals surface area (Å²) in [5.74, 6) is 1.36. The summed E-state index contributed by atoms with van der Waals surface area (Å²) in [5, 5.41) is 9.42. The van der Waals surface area contributed by atoms with Crippen molar-refractivity contribution in [2.24, 2.45) is 0 Å². The molecule has 0 radical (unpaired) electrons. The Balaban J connectivity index is 1.45. The fraction of sp³-hybridized carbons (Fsp3) is 0.409. The first-order valence-corrected chi connectivity index (χ1v) is 9.90. The lowest BCUT2D eigenvalue weighted by Gasteiger charge is -2.36. The van der Waals surface area contributed by atoms with E-state index in [0.29, 0.717) is 13.2 Å². The molecule has 1 saturated heterocycles. The van der Waals surface area contributed by atoms with E-state index in [9.17, 15) is 9.90 Å². The Morgan fingerprint density at radius 3 is 2.29 bits per heavy atom. The summed E-state index contributed by atoms with van der Waals surface area (Å²) < 4.78 is 5.47. The largest absolute Gasteiger partial charge is 0.508 e. The molecule has 28 heavy (non-hydrogen) atoms. The molecule has 6 nitrogen and oxygen atoms in total. The molecule has 3 rings (SSSR count). The maximum atomic E-state index is 12.7. The van der Waals surface area contributed by atoms with Gasteiger partial charge >= 0.3 is 0 Å². The third kappa shape index (κ3) is 5.39. The Bertz CT molecular complexity index is 754. The molecule has 1 aliphatic heterocycles. The average molecular weight is 385 g/mol. The van der Waals surface area contributed by atoms with Crippen LogP contribution in [-0.2, 0) is 11.3 Å². The maximum absolute atomic E-state index is 12.7. The van der Waals surface area contributed by atoms with Gasteiger partial charge in [-0.1, -0.05) is 0 Å². The van der Waals surface area contributed by atoms with Gasteiger partial charge in [0.2, 0.25) is 0 Å². The van der Waals surface area contributed by atoms with Gasteiger partial charge in [-0.25, -0.2) is 0 Å². The fourth-order valence-corrected chi connectivity index (χ4v) is 3.53. The molecule has 1 unspecified atom stereocenters. The molecule has 0 saturated carbocycles. The molecule has 2 aromatic rings. The number of phenolic OH excluding ortho intramolecular Hbond substituents is 1. The van der Waals surface area contributed by atoms with E-state index in [2.05, 4.69) is 24.1 Å². The van der Waals surface area contributed by atoms with Gasteiger partial charge < -0.3 is 24.5 Å². The first-order valence-electron chi connectivity index (χ1n) is 9.90. The molecule has 2 aromatic carbocycles. The van der Waals surface area contributed by atoms with Crippen LogP contribution in [0.5, 0.6) is 11.5 Å². The Morgan fingerprint density at radius 1 is 1.04 bits per heavy atom. The number of quaternary nitrogens is 1. The second kappa shape index (κ2) is 9.46. The summed E-state index contributed by atoms with van der Waals surface area (Å²) >= 11 is 0. The summed E-state index contributed by atoms with van der Waals surface area (Å²) in [7, 11) is 2.06. The van der Waals surface area contributed by atoms with E-state index in [-0.39, 0.29) is 11.7 Å². The molecule has 0 aromatic heterocycles. The molecular formula is C22H30N3O3+. The Kier molecular flexibility index (Phi) is 6.76. The lowest BCUT2D eigenvalue weighted by atomic mass is 10.2. The number of ether oxygens (including phenoxy) is 1. The maximum Gasteiger partial charge on any atom is 0.277 e. The summed E-state index contributed by atoms with van der Waals surface area (Å²) in [6.45, 7) is 7.04. The minimum absolute atomic E-state index is 0.203. The van der Waals surface area contributed by atoms with Crippen molar-refractivity contribution in [3.05, 3.63) is 54.1 Å². The molecule has 1 atom stereocenters. The van der Waals surface area contributed by atoms with Crippen molar-refractivity contribution in [1.29, 1.82) is 0 Å². The van der Waals surface area contributed by atoms with Crippen LogP contribution >= 0.6 is 0 Å². The number of amides is 1. The molecule has 1 amide bonds. The SMILES string of the molecule is CCOc1ccc(C[NH+](C)CC(=O)N2CCN(c3ccc(O)cc3)CC2)cc1. The van der Waals surface area contributed by atoms with Crippen molar-refractivity contribution in [3.8, 4) is 11.5 Å². The van der Waals surface area contributed by atoms with Gasteiger partial charge in [-0.05, 0) is 55.5 Å². The molecule has 0 bridgehead atoms. The number of likely N-dealkylation sites (N-methyl/N-ethyl adjacent to an activating group) is 1. The lowest BCUT2D eigenvalue weighted by Crippen LogP contribution is -3.09. The van der Waals surface area contributed by atoms with E-state index in [1.807, 2.05) is 36.1 Å². The van der Waals surface area contributed by atoms with Crippen LogP contribution in [-0.4, -0.2) is 62.3 Å². The number of benzene rings is 2. The number of carbonyl (C=O) groups excluding carboxylic acids is 1. The Labute approximate surface area is 166 Å². The highest BCUT2D eigenvalue weighted by molar-refractivity contribution is 5.77. The number of carbonyl (C=O) groups is 1.